The molecule has 3 heteroatoms. The molecule has 2 aliphatic rings. The highest BCUT2D eigenvalue weighted by Gasteiger charge is 2.24. The summed E-state index contributed by atoms with van der Waals surface area (Å²) in [6, 6.07) is 9.50. The Morgan fingerprint density at radius 2 is 2.19 bits per heavy atom. The topological polar surface area (TPSA) is 39.1 Å². The second-order valence-electron chi connectivity index (χ2n) is 6.51. The van der Waals surface area contributed by atoms with Crippen molar-refractivity contribution in [2.45, 2.75) is 51.6 Å². The average molecular weight is 283 g/mol. The van der Waals surface area contributed by atoms with E-state index in [1.54, 1.807) is 0 Å². The second-order valence-corrected chi connectivity index (χ2v) is 6.51. The molecular formula is C18H25N3. The zero-order valence-corrected chi connectivity index (χ0v) is 12.9. The predicted octanol–water partition coefficient (Wildman–Crippen LogP) is 3.44. The van der Waals surface area contributed by atoms with E-state index in [9.17, 15) is 5.26 Å². The Kier molecular flexibility index (Phi) is 4.45. The van der Waals surface area contributed by atoms with E-state index in [2.05, 4.69) is 41.4 Å². The third-order valence-electron chi connectivity index (χ3n) is 4.68. The van der Waals surface area contributed by atoms with Gasteiger partial charge in [-0.2, -0.15) is 5.26 Å². The van der Waals surface area contributed by atoms with Crippen LogP contribution in [0.5, 0.6) is 0 Å². The first kappa shape index (κ1) is 14.4. The Hall–Kier alpha value is -1.53. The summed E-state index contributed by atoms with van der Waals surface area (Å²) in [5.41, 5.74) is 3.19. The van der Waals surface area contributed by atoms with Gasteiger partial charge in [0.15, 0.2) is 0 Å². The van der Waals surface area contributed by atoms with Gasteiger partial charge in [0.05, 0.1) is 11.3 Å². The van der Waals surface area contributed by atoms with Gasteiger partial charge in [0.1, 0.15) is 6.07 Å². The van der Waals surface area contributed by atoms with E-state index in [0.29, 0.717) is 6.04 Å². The quantitative estimate of drug-likeness (QED) is 0.869. The molecule has 21 heavy (non-hydrogen) atoms. The molecule has 1 N–H and O–H groups in total. The van der Waals surface area contributed by atoms with Crippen molar-refractivity contribution < 1.29 is 0 Å². The van der Waals surface area contributed by atoms with Crippen molar-refractivity contribution in [1.29, 1.82) is 5.26 Å². The number of hydrogen-bond donors (Lipinski definition) is 1. The van der Waals surface area contributed by atoms with E-state index < -0.39 is 0 Å². The highest BCUT2D eigenvalue weighted by molar-refractivity contribution is 5.61. The monoisotopic (exact) mass is 283 g/mol. The molecule has 3 nitrogen and oxygen atoms in total. The fourth-order valence-corrected chi connectivity index (χ4v) is 3.30. The highest BCUT2D eigenvalue weighted by Crippen LogP contribution is 2.29. The summed E-state index contributed by atoms with van der Waals surface area (Å²) in [6.45, 7) is 5.35. The summed E-state index contributed by atoms with van der Waals surface area (Å²) >= 11 is 0. The Morgan fingerprint density at radius 3 is 2.90 bits per heavy atom. The Labute approximate surface area is 128 Å². The molecule has 2 fully saturated rings. The minimum atomic E-state index is 0.712. The van der Waals surface area contributed by atoms with Gasteiger partial charge in [-0.1, -0.05) is 19.4 Å². The minimum absolute atomic E-state index is 0.712. The third kappa shape index (κ3) is 3.57. The smallest absolute Gasteiger partial charge is 0.101 e. The van der Waals surface area contributed by atoms with Gasteiger partial charge in [0.25, 0.3) is 0 Å². The molecule has 1 aromatic carbocycles. The van der Waals surface area contributed by atoms with E-state index in [4.69, 9.17) is 0 Å². The van der Waals surface area contributed by atoms with Crippen LogP contribution in [0.2, 0.25) is 0 Å². The van der Waals surface area contributed by atoms with Gasteiger partial charge in [-0.3, -0.25) is 0 Å². The lowest BCUT2D eigenvalue weighted by Crippen LogP contribution is -2.21. The highest BCUT2D eigenvalue weighted by atomic mass is 15.2. The molecule has 0 radical (unpaired) electrons. The number of anilines is 1. The first-order valence-electron chi connectivity index (χ1n) is 8.31. The second kappa shape index (κ2) is 6.49. The van der Waals surface area contributed by atoms with Crippen LogP contribution in [-0.2, 0) is 6.54 Å². The zero-order valence-electron chi connectivity index (χ0n) is 12.9. The first-order valence-corrected chi connectivity index (χ1v) is 8.31. The number of hydrogen-bond acceptors (Lipinski definition) is 3. The van der Waals surface area contributed by atoms with E-state index >= 15 is 0 Å². The Morgan fingerprint density at radius 1 is 1.33 bits per heavy atom. The van der Waals surface area contributed by atoms with Crippen LogP contribution in [0.4, 0.5) is 5.69 Å². The number of nitrogens with zero attached hydrogens (tertiary/aromatic N) is 2. The van der Waals surface area contributed by atoms with E-state index in [-0.39, 0.29) is 0 Å². The van der Waals surface area contributed by atoms with Crippen LogP contribution in [0.25, 0.3) is 0 Å². The molecule has 3 rings (SSSR count). The van der Waals surface area contributed by atoms with Crippen molar-refractivity contribution in [1.82, 2.24) is 5.32 Å². The van der Waals surface area contributed by atoms with Crippen LogP contribution in [0.3, 0.4) is 0 Å². The lowest BCUT2D eigenvalue weighted by atomic mass is 10.0. The molecule has 1 aliphatic carbocycles. The summed E-state index contributed by atoms with van der Waals surface area (Å²) in [7, 11) is 0. The molecule has 0 amide bonds. The van der Waals surface area contributed by atoms with Gasteiger partial charge >= 0.3 is 0 Å². The van der Waals surface area contributed by atoms with Crippen LogP contribution < -0.4 is 10.2 Å². The summed E-state index contributed by atoms with van der Waals surface area (Å²) in [4.78, 5) is 2.40. The molecule has 1 heterocycles. The number of nitriles is 1. The van der Waals surface area contributed by atoms with E-state index in [1.807, 2.05) is 0 Å². The normalized spacial score (nSPS) is 21.5. The lowest BCUT2D eigenvalue weighted by Gasteiger charge is -2.20. The predicted molar refractivity (Wildman–Crippen MR) is 86.2 cm³/mol. The van der Waals surface area contributed by atoms with Gasteiger partial charge in [-0.15, -0.1) is 0 Å². The number of benzene rings is 1. The first-order chi connectivity index (χ1) is 10.3. The molecule has 112 valence electrons. The van der Waals surface area contributed by atoms with Crippen molar-refractivity contribution in [2.24, 2.45) is 5.92 Å². The molecular weight excluding hydrogens is 258 g/mol. The van der Waals surface area contributed by atoms with Crippen LogP contribution in [0, 0.1) is 17.2 Å². The molecule has 1 saturated heterocycles. The maximum absolute atomic E-state index is 9.47. The largest absolute Gasteiger partial charge is 0.370 e. The molecule has 1 aliphatic heterocycles. The molecule has 1 saturated carbocycles. The third-order valence-corrected chi connectivity index (χ3v) is 4.68. The van der Waals surface area contributed by atoms with Gasteiger partial charge in [-0.25, -0.2) is 0 Å². The molecule has 0 aromatic heterocycles. The van der Waals surface area contributed by atoms with Crippen LogP contribution in [0.15, 0.2) is 18.2 Å². The van der Waals surface area contributed by atoms with Crippen molar-refractivity contribution in [3.8, 4) is 6.07 Å². The fourth-order valence-electron chi connectivity index (χ4n) is 3.30. The van der Waals surface area contributed by atoms with Gasteiger partial charge in [0, 0.05) is 25.7 Å². The van der Waals surface area contributed by atoms with Crippen LogP contribution >= 0.6 is 0 Å². The maximum Gasteiger partial charge on any atom is 0.101 e. The molecule has 0 bridgehead atoms. The van der Waals surface area contributed by atoms with E-state index in [1.165, 1.54) is 37.7 Å². The number of nitrogens with one attached hydrogen (secondary N) is 1. The summed E-state index contributed by atoms with van der Waals surface area (Å²) in [5.74, 6) is 0.803. The maximum atomic E-state index is 9.47. The van der Waals surface area contributed by atoms with Crippen molar-refractivity contribution in [3.63, 3.8) is 0 Å². The van der Waals surface area contributed by atoms with Gasteiger partial charge in [0.2, 0.25) is 0 Å². The van der Waals surface area contributed by atoms with Gasteiger partial charge in [-0.05, 0) is 49.3 Å². The van der Waals surface area contributed by atoms with Crippen molar-refractivity contribution in [3.05, 3.63) is 29.3 Å². The number of rotatable bonds is 6. The summed E-state index contributed by atoms with van der Waals surface area (Å²) < 4.78 is 0. The molecule has 0 spiro atoms. The Balaban J connectivity index is 1.68. The summed E-state index contributed by atoms with van der Waals surface area (Å²) in [6.07, 6.45) is 6.44. The average Bonchev–Trinajstić information content (AvgIpc) is 3.23. The Bertz CT molecular complexity index is 528. The molecule has 1 unspecified atom stereocenters. The lowest BCUT2D eigenvalue weighted by molar-refractivity contribution is 0.530. The zero-order chi connectivity index (χ0) is 14.7. The molecule has 1 aromatic rings. The molecule has 1 atom stereocenters. The van der Waals surface area contributed by atoms with Crippen LogP contribution in [0.1, 0.15) is 50.2 Å². The summed E-state index contributed by atoms with van der Waals surface area (Å²) in [5, 5.41) is 13.0. The van der Waals surface area contributed by atoms with E-state index in [0.717, 1.165) is 36.8 Å². The SMILES string of the molecule is CCCC1CCN(c2ccc(CNC3CC3)cc2C#N)C1. The fraction of sp³-hybridized carbons (Fsp3) is 0.611. The van der Waals surface area contributed by atoms with Gasteiger partial charge < -0.3 is 10.2 Å². The van der Waals surface area contributed by atoms with Crippen molar-refractivity contribution in [2.75, 3.05) is 18.0 Å². The van der Waals surface area contributed by atoms with Crippen molar-refractivity contribution >= 4 is 5.69 Å². The standard InChI is InChI=1S/C18H25N3/c1-2-3-14-8-9-21(13-14)18-7-4-15(10-16(18)11-19)12-20-17-5-6-17/h4,7,10,14,17,20H,2-3,5-6,8-9,12-13H2,1H3. The van der Waals surface area contributed by atoms with Crippen LogP contribution in [-0.4, -0.2) is 19.1 Å². The minimum Gasteiger partial charge on any atom is -0.370 e.